The lowest BCUT2D eigenvalue weighted by molar-refractivity contribution is 0.112. The molecule has 0 spiro atoms. The Labute approximate surface area is 92.7 Å². The third kappa shape index (κ3) is 2.46. The van der Waals surface area contributed by atoms with E-state index in [1.54, 1.807) is 12.1 Å². The first-order valence-corrected chi connectivity index (χ1v) is 4.50. The maximum Gasteiger partial charge on any atom is 0.235 e. The largest absolute Gasteiger partial charge is 0.493 e. The number of benzene rings is 1. The summed E-state index contributed by atoms with van der Waals surface area (Å²) in [5.41, 5.74) is 1.04. The average Bonchev–Trinajstić information content (AvgIpc) is 2.34. The van der Waals surface area contributed by atoms with Crippen LogP contribution in [0.15, 0.2) is 17.1 Å². The number of aliphatic imine (C=N–C) groups is 1. The normalized spacial score (nSPS) is 9.12. The van der Waals surface area contributed by atoms with Gasteiger partial charge in [-0.3, -0.25) is 4.79 Å². The Hall–Kier alpha value is -2.13. The first-order chi connectivity index (χ1) is 7.76. The van der Waals surface area contributed by atoms with Crippen LogP contribution in [-0.4, -0.2) is 26.6 Å². The van der Waals surface area contributed by atoms with Gasteiger partial charge in [-0.25, -0.2) is 9.79 Å². The molecule has 0 saturated carbocycles. The summed E-state index contributed by atoms with van der Waals surface area (Å²) in [5.74, 6) is 0.805. The molecule has 0 aromatic heterocycles. The molecule has 0 N–H and O–H groups in total. The van der Waals surface area contributed by atoms with E-state index in [0.29, 0.717) is 28.9 Å². The van der Waals surface area contributed by atoms with Gasteiger partial charge in [-0.15, -0.1) is 0 Å². The van der Waals surface area contributed by atoms with Gasteiger partial charge >= 0.3 is 0 Å². The van der Waals surface area contributed by atoms with Crippen molar-refractivity contribution >= 4 is 12.4 Å². The summed E-state index contributed by atoms with van der Waals surface area (Å²) in [4.78, 5) is 24.3. The van der Waals surface area contributed by atoms with Gasteiger partial charge in [0.2, 0.25) is 6.08 Å². The summed E-state index contributed by atoms with van der Waals surface area (Å²) in [7, 11) is 2.92. The van der Waals surface area contributed by atoms with Gasteiger partial charge in [-0.05, 0) is 17.7 Å². The van der Waals surface area contributed by atoms with E-state index in [1.165, 1.54) is 20.3 Å². The number of rotatable bonds is 5. The van der Waals surface area contributed by atoms with Gasteiger partial charge in [0, 0.05) is 0 Å². The molecule has 0 saturated heterocycles. The zero-order valence-corrected chi connectivity index (χ0v) is 9.02. The van der Waals surface area contributed by atoms with Crippen molar-refractivity contribution in [2.45, 2.75) is 6.54 Å². The molecule has 0 fully saturated rings. The van der Waals surface area contributed by atoms with Crippen LogP contribution in [0, 0.1) is 0 Å². The highest BCUT2D eigenvalue weighted by Gasteiger charge is 2.11. The molecule has 0 amide bonds. The smallest absolute Gasteiger partial charge is 0.235 e. The third-order valence-electron chi connectivity index (χ3n) is 2.02. The van der Waals surface area contributed by atoms with Crippen LogP contribution >= 0.6 is 0 Å². The molecule has 0 atom stereocenters. The van der Waals surface area contributed by atoms with Gasteiger partial charge in [0.05, 0.1) is 26.3 Å². The topological polar surface area (TPSA) is 65.0 Å². The molecule has 5 nitrogen and oxygen atoms in total. The molecule has 0 heterocycles. The maximum atomic E-state index is 10.8. The van der Waals surface area contributed by atoms with Gasteiger partial charge in [0.15, 0.2) is 17.8 Å². The van der Waals surface area contributed by atoms with E-state index in [-0.39, 0.29) is 6.54 Å². The Kier molecular flexibility index (Phi) is 4.24. The Balaban J connectivity index is 3.24. The molecule has 84 valence electrons. The molecule has 0 aliphatic heterocycles. The molecule has 0 bridgehead atoms. The van der Waals surface area contributed by atoms with E-state index in [9.17, 15) is 9.59 Å². The summed E-state index contributed by atoms with van der Waals surface area (Å²) >= 11 is 0. The highest BCUT2D eigenvalue weighted by Crippen LogP contribution is 2.31. The molecule has 0 unspecified atom stereocenters. The van der Waals surface area contributed by atoms with E-state index < -0.39 is 0 Å². The van der Waals surface area contributed by atoms with Crippen molar-refractivity contribution in [2.75, 3.05) is 14.2 Å². The molecule has 1 aromatic rings. The zero-order chi connectivity index (χ0) is 12.0. The summed E-state index contributed by atoms with van der Waals surface area (Å²) < 4.78 is 10.1. The van der Waals surface area contributed by atoms with Crippen LogP contribution in [0.1, 0.15) is 15.9 Å². The predicted octanol–water partition coefficient (Wildman–Crippen LogP) is 1.35. The van der Waals surface area contributed by atoms with Crippen molar-refractivity contribution < 1.29 is 19.1 Å². The Morgan fingerprint density at radius 2 is 2.12 bits per heavy atom. The molecule has 0 aliphatic rings. The summed E-state index contributed by atoms with van der Waals surface area (Å²) in [6, 6.07) is 3.25. The fourth-order valence-corrected chi connectivity index (χ4v) is 1.36. The summed E-state index contributed by atoms with van der Waals surface area (Å²) in [5, 5.41) is 0. The van der Waals surface area contributed by atoms with Crippen molar-refractivity contribution in [1.82, 2.24) is 0 Å². The van der Waals surface area contributed by atoms with Gasteiger partial charge in [-0.2, -0.15) is 0 Å². The average molecular weight is 221 g/mol. The number of ether oxygens (including phenoxy) is 2. The number of hydrogen-bond acceptors (Lipinski definition) is 5. The van der Waals surface area contributed by atoms with Crippen LogP contribution in [0.3, 0.4) is 0 Å². The summed E-state index contributed by atoms with van der Waals surface area (Å²) in [6.07, 6.45) is 2.10. The van der Waals surface area contributed by atoms with E-state index in [0.717, 1.165) is 0 Å². The van der Waals surface area contributed by atoms with Crippen LogP contribution in [0.2, 0.25) is 0 Å². The second-order valence-corrected chi connectivity index (χ2v) is 2.95. The van der Waals surface area contributed by atoms with Crippen molar-refractivity contribution in [3.63, 3.8) is 0 Å². The number of nitrogens with zero attached hydrogens (tertiary/aromatic N) is 1. The number of carbonyl (C=O) groups is 1. The molecule has 5 heteroatoms. The fraction of sp³-hybridized carbons (Fsp3) is 0.273. The Morgan fingerprint density at radius 1 is 1.38 bits per heavy atom. The lowest BCUT2D eigenvalue weighted by atomic mass is 10.1. The van der Waals surface area contributed by atoms with E-state index in [4.69, 9.17) is 9.47 Å². The maximum absolute atomic E-state index is 10.8. The number of isocyanates is 1. The minimum atomic E-state index is 0.157. The van der Waals surface area contributed by atoms with Crippen LogP contribution in [-0.2, 0) is 11.3 Å². The molecular formula is C11H11NO4. The molecular weight excluding hydrogens is 210 g/mol. The Morgan fingerprint density at radius 3 is 2.62 bits per heavy atom. The monoisotopic (exact) mass is 221 g/mol. The highest BCUT2D eigenvalue weighted by molar-refractivity contribution is 5.81. The highest BCUT2D eigenvalue weighted by atomic mass is 16.5. The van der Waals surface area contributed by atoms with Gasteiger partial charge in [-0.1, -0.05) is 0 Å². The second kappa shape index (κ2) is 5.68. The van der Waals surface area contributed by atoms with Gasteiger partial charge < -0.3 is 9.47 Å². The number of methoxy groups -OCH3 is 2. The quantitative estimate of drug-likeness (QED) is 0.427. The zero-order valence-electron chi connectivity index (χ0n) is 9.02. The minimum absolute atomic E-state index is 0.157. The van der Waals surface area contributed by atoms with Crippen LogP contribution < -0.4 is 9.47 Å². The fourth-order valence-electron chi connectivity index (χ4n) is 1.36. The number of aldehydes is 1. The van der Waals surface area contributed by atoms with Gasteiger partial charge in [0.1, 0.15) is 0 Å². The van der Waals surface area contributed by atoms with E-state index >= 15 is 0 Å². The number of hydrogen-bond donors (Lipinski definition) is 0. The molecule has 0 radical (unpaired) electrons. The minimum Gasteiger partial charge on any atom is -0.493 e. The molecule has 0 aliphatic carbocycles. The van der Waals surface area contributed by atoms with Crippen LogP contribution in [0.5, 0.6) is 11.5 Å². The van der Waals surface area contributed by atoms with Crippen molar-refractivity contribution in [2.24, 2.45) is 4.99 Å². The molecule has 1 aromatic carbocycles. The summed E-state index contributed by atoms with van der Waals surface area (Å²) in [6.45, 7) is 0.157. The first kappa shape index (κ1) is 11.9. The van der Waals surface area contributed by atoms with Gasteiger partial charge in [0.25, 0.3) is 0 Å². The second-order valence-electron chi connectivity index (χ2n) is 2.95. The molecule has 16 heavy (non-hydrogen) atoms. The predicted molar refractivity (Wildman–Crippen MR) is 56.8 cm³/mol. The van der Waals surface area contributed by atoms with E-state index in [2.05, 4.69) is 4.99 Å². The molecule has 1 rings (SSSR count). The van der Waals surface area contributed by atoms with Crippen molar-refractivity contribution in [3.8, 4) is 11.5 Å². The lowest BCUT2D eigenvalue weighted by Gasteiger charge is -2.10. The van der Waals surface area contributed by atoms with Crippen molar-refractivity contribution in [1.29, 1.82) is 0 Å². The lowest BCUT2D eigenvalue weighted by Crippen LogP contribution is -1.97. The van der Waals surface area contributed by atoms with Crippen molar-refractivity contribution in [3.05, 3.63) is 23.3 Å². The number of carbonyl (C=O) groups excluding carboxylic acids is 2. The van der Waals surface area contributed by atoms with E-state index in [1.807, 2.05) is 0 Å². The standard InChI is InChI=1S/C11H11NO4/c1-15-10-4-8(5-12-7-14)3-9(6-13)11(10)16-2/h3-4,6H,5H2,1-2H3. The van der Waals surface area contributed by atoms with Crippen LogP contribution in [0.25, 0.3) is 0 Å². The SMILES string of the molecule is COc1cc(CN=C=O)cc(C=O)c1OC. The first-order valence-electron chi connectivity index (χ1n) is 4.50. The Bertz CT molecular complexity index is 436. The third-order valence-corrected chi connectivity index (χ3v) is 2.02. The van der Waals surface area contributed by atoms with Crippen LogP contribution in [0.4, 0.5) is 0 Å².